The molecule has 0 amide bonds. The first-order valence-electron chi connectivity index (χ1n) is 7.34. The third-order valence-electron chi connectivity index (χ3n) is 3.53. The van der Waals surface area contributed by atoms with Gasteiger partial charge >= 0.3 is 12.7 Å². The minimum Gasteiger partial charge on any atom is -0.272 e. The number of nitrogens with zero attached hydrogens (tertiary/aromatic N) is 4. The lowest BCUT2D eigenvalue weighted by Gasteiger charge is -2.13. The van der Waals surface area contributed by atoms with Crippen LogP contribution in [-0.2, 0) is 22.7 Å². The highest BCUT2D eigenvalue weighted by Gasteiger charge is 2.33. The maximum absolute atomic E-state index is 12.7. The van der Waals surface area contributed by atoms with Gasteiger partial charge in [-0.25, -0.2) is 17.8 Å². The Morgan fingerprint density at radius 1 is 1.31 bits per heavy atom. The Hall–Kier alpha value is -2.02. The van der Waals surface area contributed by atoms with E-state index in [4.69, 9.17) is 0 Å². The van der Waals surface area contributed by atoms with E-state index in [-0.39, 0.29) is 28.4 Å². The van der Waals surface area contributed by atoms with Crippen LogP contribution < -0.4 is 4.72 Å². The van der Waals surface area contributed by atoms with Crippen molar-refractivity contribution >= 4 is 10.0 Å². The minimum absolute atomic E-state index is 0.0356. The molecule has 2 aromatic heterocycles. The van der Waals surface area contributed by atoms with Crippen molar-refractivity contribution in [2.75, 3.05) is 6.54 Å². The molecule has 2 heterocycles. The first-order valence-corrected chi connectivity index (χ1v) is 8.82. The molecule has 0 radical (unpaired) electrons. The number of alkyl halides is 5. The van der Waals surface area contributed by atoms with Crippen LogP contribution >= 0.6 is 0 Å². The molecule has 2 rings (SSSR count). The number of halogens is 5. The molecular weight excluding hydrogens is 385 g/mol. The first kappa shape index (κ1) is 20.3. The molecule has 0 aromatic carbocycles. The Balaban J connectivity index is 2.00. The van der Waals surface area contributed by atoms with E-state index in [1.54, 1.807) is 6.92 Å². The minimum atomic E-state index is -4.56. The van der Waals surface area contributed by atoms with Gasteiger partial charge in [-0.1, -0.05) is 6.92 Å². The number of rotatable bonds is 7. The van der Waals surface area contributed by atoms with Crippen molar-refractivity contribution < 1.29 is 30.4 Å². The van der Waals surface area contributed by atoms with Gasteiger partial charge < -0.3 is 0 Å². The topological polar surface area (TPSA) is 81.8 Å². The zero-order chi connectivity index (χ0) is 19.7. The lowest BCUT2D eigenvalue weighted by Crippen LogP contribution is -2.30. The maximum atomic E-state index is 12.7. The number of hydrogen-bond acceptors (Lipinski definition) is 4. The van der Waals surface area contributed by atoms with Crippen LogP contribution in [0.2, 0.25) is 0 Å². The van der Waals surface area contributed by atoms with Crippen LogP contribution in [0.3, 0.4) is 0 Å². The molecule has 146 valence electrons. The standard InChI is InChI=1S/C13H16F5N5O2S/c1-8(7-22-4-3-11(21-22)13(16,17)18)5-20-26(24,25)10-6-19-23(9(10)2)12(14)15/h3-4,6,8,12,20H,5,7H2,1-2H3/t8-/m1/s1. The molecule has 0 aliphatic rings. The molecule has 26 heavy (non-hydrogen) atoms. The van der Waals surface area contributed by atoms with Crippen LogP contribution in [0.1, 0.15) is 24.9 Å². The van der Waals surface area contributed by atoms with Crippen LogP contribution in [0.15, 0.2) is 23.4 Å². The van der Waals surface area contributed by atoms with E-state index >= 15 is 0 Å². The molecule has 0 aliphatic heterocycles. The summed E-state index contributed by atoms with van der Waals surface area (Å²) in [5.74, 6) is -0.406. The summed E-state index contributed by atoms with van der Waals surface area (Å²) >= 11 is 0. The van der Waals surface area contributed by atoms with E-state index in [0.717, 1.165) is 23.1 Å². The van der Waals surface area contributed by atoms with Crippen LogP contribution in [0.4, 0.5) is 22.0 Å². The largest absolute Gasteiger partial charge is 0.435 e. The van der Waals surface area contributed by atoms with Crippen molar-refractivity contribution in [2.45, 2.75) is 38.0 Å². The summed E-state index contributed by atoms with van der Waals surface area (Å²) < 4.78 is 90.8. The maximum Gasteiger partial charge on any atom is 0.435 e. The van der Waals surface area contributed by atoms with E-state index in [0.29, 0.717) is 0 Å². The summed E-state index contributed by atoms with van der Waals surface area (Å²) in [5.41, 5.74) is -1.26. The molecule has 0 aliphatic carbocycles. The summed E-state index contributed by atoms with van der Waals surface area (Å²) in [4.78, 5) is -0.386. The van der Waals surface area contributed by atoms with E-state index in [1.807, 2.05) is 0 Å². The average molecular weight is 401 g/mol. The average Bonchev–Trinajstić information content (AvgIpc) is 3.11. The quantitative estimate of drug-likeness (QED) is 0.723. The van der Waals surface area contributed by atoms with Crippen molar-refractivity contribution in [3.8, 4) is 0 Å². The molecule has 1 atom stereocenters. The van der Waals surface area contributed by atoms with Crippen molar-refractivity contribution in [3.05, 3.63) is 29.8 Å². The number of aromatic nitrogens is 4. The van der Waals surface area contributed by atoms with Gasteiger partial charge in [0.2, 0.25) is 10.0 Å². The zero-order valence-corrected chi connectivity index (χ0v) is 14.5. The molecule has 0 saturated carbocycles. The molecule has 0 unspecified atom stereocenters. The molecule has 0 spiro atoms. The summed E-state index contributed by atoms with van der Waals surface area (Å²) in [5, 5.41) is 6.71. The van der Waals surface area contributed by atoms with Crippen molar-refractivity contribution in [1.29, 1.82) is 0 Å². The third-order valence-corrected chi connectivity index (χ3v) is 5.05. The highest BCUT2D eigenvalue weighted by Crippen LogP contribution is 2.27. The lowest BCUT2D eigenvalue weighted by molar-refractivity contribution is -0.141. The smallest absolute Gasteiger partial charge is 0.272 e. The van der Waals surface area contributed by atoms with E-state index in [2.05, 4.69) is 14.9 Å². The van der Waals surface area contributed by atoms with Gasteiger partial charge in [0.1, 0.15) is 4.90 Å². The Bertz CT molecular complexity index is 859. The van der Waals surface area contributed by atoms with Gasteiger partial charge in [-0.05, 0) is 18.9 Å². The van der Waals surface area contributed by atoms with Gasteiger partial charge in [0.05, 0.1) is 11.9 Å². The van der Waals surface area contributed by atoms with E-state index in [1.165, 1.54) is 6.92 Å². The van der Waals surface area contributed by atoms with Crippen LogP contribution in [-0.4, -0.2) is 34.5 Å². The van der Waals surface area contributed by atoms with Gasteiger partial charge in [-0.15, -0.1) is 0 Å². The van der Waals surface area contributed by atoms with Crippen LogP contribution in [0, 0.1) is 12.8 Å². The molecule has 0 fully saturated rings. The third kappa shape index (κ3) is 4.58. The highest BCUT2D eigenvalue weighted by molar-refractivity contribution is 7.89. The number of hydrogen-bond donors (Lipinski definition) is 1. The Morgan fingerprint density at radius 2 is 1.96 bits per heavy atom. The molecule has 7 nitrogen and oxygen atoms in total. The van der Waals surface area contributed by atoms with Gasteiger partial charge in [0, 0.05) is 19.3 Å². The van der Waals surface area contributed by atoms with Crippen molar-refractivity contribution in [2.24, 2.45) is 5.92 Å². The second-order valence-electron chi connectivity index (χ2n) is 5.69. The Kier molecular flexibility index (Phi) is 5.70. The molecule has 0 saturated heterocycles. The fourth-order valence-electron chi connectivity index (χ4n) is 2.20. The van der Waals surface area contributed by atoms with Gasteiger partial charge in [-0.3, -0.25) is 4.68 Å². The molecule has 0 bridgehead atoms. The van der Waals surface area contributed by atoms with Crippen molar-refractivity contribution in [3.63, 3.8) is 0 Å². The zero-order valence-electron chi connectivity index (χ0n) is 13.7. The number of nitrogens with one attached hydrogen (secondary N) is 1. The summed E-state index contributed by atoms with van der Waals surface area (Å²) in [7, 11) is -4.09. The van der Waals surface area contributed by atoms with Gasteiger partial charge in [0.15, 0.2) is 5.69 Å². The summed E-state index contributed by atoms with van der Waals surface area (Å²) in [6.45, 7) is -0.260. The fourth-order valence-corrected chi connectivity index (χ4v) is 3.52. The molecule has 1 N–H and O–H groups in total. The second kappa shape index (κ2) is 7.31. The predicted molar refractivity (Wildman–Crippen MR) is 79.8 cm³/mol. The monoisotopic (exact) mass is 401 g/mol. The predicted octanol–water partition coefficient (Wildman–Crippen LogP) is 2.42. The Labute approximate surface area is 145 Å². The van der Waals surface area contributed by atoms with Gasteiger partial charge in [0.25, 0.3) is 0 Å². The lowest BCUT2D eigenvalue weighted by atomic mass is 10.2. The molecule has 13 heteroatoms. The summed E-state index contributed by atoms with van der Waals surface area (Å²) in [6, 6.07) is 0.818. The molecular formula is C13H16F5N5O2S. The first-order chi connectivity index (χ1) is 11.9. The van der Waals surface area contributed by atoms with Gasteiger partial charge in [-0.2, -0.15) is 32.1 Å². The van der Waals surface area contributed by atoms with E-state index in [9.17, 15) is 30.4 Å². The normalized spacial score (nSPS) is 14.2. The fraction of sp³-hybridized carbons (Fsp3) is 0.538. The second-order valence-corrected chi connectivity index (χ2v) is 7.43. The van der Waals surface area contributed by atoms with Crippen LogP contribution in [0.25, 0.3) is 0 Å². The highest BCUT2D eigenvalue weighted by atomic mass is 32.2. The van der Waals surface area contributed by atoms with E-state index < -0.39 is 34.4 Å². The summed E-state index contributed by atoms with van der Waals surface area (Å²) in [6.07, 6.45) is -2.60. The SMILES string of the molecule is Cc1c(S(=O)(=O)NC[C@@H](C)Cn2ccc(C(F)(F)F)n2)cnn1C(F)F. The van der Waals surface area contributed by atoms with Crippen molar-refractivity contribution in [1.82, 2.24) is 24.3 Å². The van der Waals surface area contributed by atoms with Crippen LogP contribution in [0.5, 0.6) is 0 Å². The number of sulfonamides is 1. The molecule has 2 aromatic rings. The Morgan fingerprint density at radius 3 is 2.46 bits per heavy atom.